The molecule has 19 heavy (non-hydrogen) atoms. The van der Waals surface area contributed by atoms with Crippen LogP contribution >= 0.6 is 0 Å². The second-order valence-corrected chi connectivity index (χ2v) is 7.75. The first-order chi connectivity index (χ1) is 9.03. The molecule has 4 heteroatoms. The highest BCUT2D eigenvalue weighted by Crippen LogP contribution is 2.29. The second-order valence-electron chi connectivity index (χ2n) is 5.50. The van der Waals surface area contributed by atoms with E-state index in [4.69, 9.17) is 0 Å². The maximum Gasteiger partial charge on any atom is 0.180 e. The molecule has 1 aromatic carbocycles. The minimum atomic E-state index is -3.15. The van der Waals surface area contributed by atoms with Gasteiger partial charge in [-0.15, -0.1) is 0 Å². The molecule has 106 valence electrons. The normalized spacial score (nSPS) is 24.1. The zero-order valence-electron chi connectivity index (χ0n) is 11.7. The van der Waals surface area contributed by atoms with Crippen LogP contribution in [0.3, 0.4) is 0 Å². The predicted octanol–water partition coefficient (Wildman–Crippen LogP) is 3.47. The lowest BCUT2D eigenvalue weighted by Gasteiger charge is -2.28. The lowest BCUT2D eigenvalue weighted by atomic mass is 9.87. The maximum absolute atomic E-state index is 12.1. The number of hydrogen-bond donors (Lipinski definition) is 1. The van der Waals surface area contributed by atoms with Gasteiger partial charge in [0.05, 0.1) is 16.3 Å². The number of benzene rings is 1. The summed E-state index contributed by atoms with van der Waals surface area (Å²) in [6.07, 6.45) is 4.70. The van der Waals surface area contributed by atoms with E-state index in [0.29, 0.717) is 10.9 Å². The summed E-state index contributed by atoms with van der Waals surface area (Å²) in [7, 11) is -3.15. The molecule has 1 aromatic rings. The van der Waals surface area contributed by atoms with Gasteiger partial charge in [0.2, 0.25) is 0 Å². The van der Waals surface area contributed by atoms with Gasteiger partial charge in [-0.3, -0.25) is 0 Å². The SMILES string of the molecule is CCS(=O)(=O)c1ccccc1NC1CCC(C)CC1. The number of anilines is 1. The molecule has 1 fully saturated rings. The smallest absolute Gasteiger partial charge is 0.180 e. The van der Waals surface area contributed by atoms with Crippen LogP contribution in [0.2, 0.25) is 0 Å². The van der Waals surface area contributed by atoms with Gasteiger partial charge in [0.25, 0.3) is 0 Å². The van der Waals surface area contributed by atoms with Gasteiger partial charge in [-0.2, -0.15) is 0 Å². The summed E-state index contributed by atoms with van der Waals surface area (Å²) in [4.78, 5) is 0.441. The third-order valence-electron chi connectivity index (χ3n) is 3.98. The van der Waals surface area contributed by atoms with E-state index >= 15 is 0 Å². The first-order valence-electron chi connectivity index (χ1n) is 7.11. The first kappa shape index (κ1) is 14.4. The van der Waals surface area contributed by atoms with Gasteiger partial charge < -0.3 is 5.32 Å². The molecule has 2 rings (SSSR count). The Balaban J connectivity index is 2.17. The van der Waals surface area contributed by atoms with E-state index in [1.54, 1.807) is 19.1 Å². The minimum Gasteiger partial charge on any atom is -0.381 e. The highest BCUT2D eigenvalue weighted by atomic mass is 32.2. The van der Waals surface area contributed by atoms with Crippen LogP contribution < -0.4 is 5.32 Å². The van der Waals surface area contributed by atoms with Crippen LogP contribution in [0.4, 0.5) is 5.69 Å². The summed E-state index contributed by atoms with van der Waals surface area (Å²) in [5, 5.41) is 3.43. The van der Waals surface area contributed by atoms with Crippen molar-refractivity contribution >= 4 is 15.5 Å². The van der Waals surface area contributed by atoms with Crippen LogP contribution in [0.25, 0.3) is 0 Å². The van der Waals surface area contributed by atoms with E-state index in [-0.39, 0.29) is 5.75 Å². The van der Waals surface area contributed by atoms with Crippen molar-refractivity contribution in [3.8, 4) is 0 Å². The highest BCUT2D eigenvalue weighted by molar-refractivity contribution is 7.91. The quantitative estimate of drug-likeness (QED) is 0.919. The van der Waals surface area contributed by atoms with Gasteiger partial charge in [-0.05, 0) is 43.7 Å². The van der Waals surface area contributed by atoms with Gasteiger partial charge in [-0.25, -0.2) is 8.42 Å². The van der Waals surface area contributed by atoms with E-state index in [2.05, 4.69) is 12.2 Å². The summed E-state index contributed by atoms with van der Waals surface area (Å²) in [6, 6.07) is 7.66. The largest absolute Gasteiger partial charge is 0.381 e. The van der Waals surface area contributed by atoms with Crippen LogP contribution in [-0.4, -0.2) is 20.2 Å². The van der Waals surface area contributed by atoms with Gasteiger partial charge in [0.15, 0.2) is 9.84 Å². The van der Waals surface area contributed by atoms with E-state index in [9.17, 15) is 8.42 Å². The third-order valence-corrected chi connectivity index (χ3v) is 5.76. The molecule has 0 saturated heterocycles. The van der Waals surface area contributed by atoms with Gasteiger partial charge in [0, 0.05) is 6.04 Å². The van der Waals surface area contributed by atoms with Crippen molar-refractivity contribution in [3.63, 3.8) is 0 Å². The molecule has 0 atom stereocenters. The summed E-state index contributed by atoms with van der Waals surface area (Å²) >= 11 is 0. The molecule has 3 nitrogen and oxygen atoms in total. The zero-order chi connectivity index (χ0) is 13.9. The average Bonchev–Trinajstić information content (AvgIpc) is 2.42. The van der Waals surface area contributed by atoms with Crippen LogP contribution in [0.1, 0.15) is 39.5 Å². The Morgan fingerprint density at radius 2 is 1.79 bits per heavy atom. The fourth-order valence-corrected chi connectivity index (χ4v) is 3.70. The van der Waals surface area contributed by atoms with Crippen molar-refractivity contribution in [2.45, 2.75) is 50.5 Å². The van der Waals surface area contributed by atoms with Crippen LogP contribution in [-0.2, 0) is 9.84 Å². The Labute approximate surface area is 116 Å². The molecular formula is C15H23NO2S. The Morgan fingerprint density at radius 1 is 1.16 bits per heavy atom. The Morgan fingerprint density at radius 3 is 2.42 bits per heavy atom. The topological polar surface area (TPSA) is 46.2 Å². The lowest BCUT2D eigenvalue weighted by Crippen LogP contribution is -2.26. The standard InChI is InChI=1S/C15H23NO2S/c1-3-19(17,18)15-7-5-4-6-14(15)16-13-10-8-12(2)9-11-13/h4-7,12-13,16H,3,8-11H2,1-2H3. The van der Waals surface area contributed by atoms with Gasteiger partial charge in [0.1, 0.15) is 0 Å². The van der Waals surface area contributed by atoms with Crippen molar-refractivity contribution < 1.29 is 8.42 Å². The second kappa shape index (κ2) is 5.95. The van der Waals surface area contributed by atoms with Crippen molar-refractivity contribution in [2.24, 2.45) is 5.92 Å². The summed E-state index contributed by atoms with van der Waals surface area (Å²) in [5.41, 5.74) is 0.768. The molecule has 0 radical (unpaired) electrons. The van der Waals surface area contributed by atoms with Crippen molar-refractivity contribution in [1.82, 2.24) is 0 Å². The van der Waals surface area contributed by atoms with Crippen molar-refractivity contribution in [1.29, 1.82) is 0 Å². The predicted molar refractivity (Wildman–Crippen MR) is 79.2 cm³/mol. The van der Waals surface area contributed by atoms with Crippen LogP contribution in [0.5, 0.6) is 0 Å². The molecule has 0 bridgehead atoms. The van der Waals surface area contributed by atoms with Gasteiger partial charge >= 0.3 is 0 Å². The van der Waals surface area contributed by atoms with Crippen molar-refractivity contribution in [3.05, 3.63) is 24.3 Å². The molecule has 1 aliphatic rings. The minimum absolute atomic E-state index is 0.146. The van der Waals surface area contributed by atoms with E-state index < -0.39 is 9.84 Å². The maximum atomic E-state index is 12.1. The monoisotopic (exact) mass is 281 g/mol. The average molecular weight is 281 g/mol. The number of para-hydroxylation sites is 1. The molecule has 1 saturated carbocycles. The molecule has 1 aliphatic carbocycles. The molecular weight excluding hydrogens is 258 g/mol. The molecule has 0 amide bonds. The number of rotatable bonds is 4. The number of sulfone groups is 1. The first-order valence-corrected chi connectivity index (χ1v) is 8.76. The third kappa shape index (κ3) is 3.50. The Bertz CT molecular complexity index is 517. The summed E-state index contributed by atoms with van der Waals surface area (Å²) in [5.74, 6) is 0.945. The Kier molecular flexibility index (Phi) is 4.50. The molecule has 0 spiro atoms. The Hall–Kier alpha value is -1.03. The summed E-state index contributed by atoms with van der Waals surface area (Å²) < 4.78 is 24.2. The van der Waals surface area contributed by atoms with Crippen LogP contribution in [0.15, 0.2) is 29.2 Å². The van der Waals surface area contributed by atoms with Crippen molar-refractivity contribution in [2.75, 3.05) is 11.1 Å². The molecule has 0 aromatic heterocycles. The van der Waals surface area contributed by atoms with E-state index in [1.807, 2.05) is 12.1 Å². The fourth-order valence-electron chi connectivity index (χ4n) is 2.64. The van der Waals surface area contributed by atoms with Gasteiger partial charge in [-0.1, -0.05) is 26.0 Å². The fraction of sp³-hybridized carbons (Fsp3) is 0.600. The number of nitrogens with one attached hydrogen (secondary N) is 1. The molecule has 0 aliphatic heterocycles. The summed E-state index contributed by atoms with van der Waals surface area (Å²) in [6.45, 7) is 3.97. The van der Waals surface area contributed by atoms with Crippen LogP contribution in [0, 0.1) is 5.92 Å². The number of hydrogen-bond acceptors (Lipinski definition) is 3. The molecule has 0 heterocycles. The van der Waals surface area contributed by atoms with E-state index in [1.165, 1.54) is 12.8 Å². The lowest BCUT2D eigenvalue weighted by molar-refractivity contribution is 0.361. The molecule has 1 N–H and O–H groups in total. The van der Waals surface area contributed by atoms with E-state index in [0.717, 1.165) is 24.4 Å². The highest BCUT2D eigenvalue weighted by Gasteiger charge is 2.21. The zero-order valence-corrected chi connectivity index (χ0v) is 12.5. The molecule has 0 unspecified atom stereocenters.